The first kappa shape index (κ1) is 16.2. The second-order valence-corrected chi connectivity index (χ2v) is 5.97. The van der Waals surface area contributed by atoms with Crippen LogP contribution in [0.1, 0.15) is 18.5 Å². The van der Waals surface area contributed by atoms with E-state index in [0.29, 0.717) is 16.1 Å². The fourth-order valence-corrected chi connectivity index (χ4v) is 2.65. The van der Waals surface area contributed by atoms with Gasteiger partial charge in [-0.1, -0.05) is 35.9 Å². The van der Waals surface area contributed by atoms with Gasteiger partial charge in [-0.15, -0.1) is 0 Å². The smallest absolute Gasteiger partial charge is 0.275 e. The maximum Gasteiger partial charge on any atom is 0.275 e. The molecule has 0 radical (unpaired) electrons. The van der Waals surface area contributed by atoms with Gasteiger partial charge in [-0.25, -0.2) is 4.68 Å². The molecular weight excluding hydrogens is 326 g/mol. The molecule has 0 spiro atoms. The zero-order valence-corrected chi connectivity index (χ0v) is 14.0. The number of anilines is 1. The van der Waals surface area contributed by atoms with Gasteiger partial charge in [0.05, 0.1) is 11.6 Å². The molecule has 0 saturated carbocycles. The Bertz CT molecular complexity index is 981. The third kappa shape index (κ3) is 2.90. The highest BCUT2D eigenvalue weighted by atomic mass is 35.5. The molecule has 1 N–H and O–H groups in total. The van der Waals surface area contributed by atoms with Crippen molar-refractivity contribution in [3.05, 3.63) is 69.6 Å². The van der Waals surface area contributed by atoms with Crippen LogP contribution >= 0.6 is 11.6 Å². The summed E-state index contributed by atoms with van der Waals surface area (Å²) in [6, 6.07) is 11.7. The molecule has 1 aromatic heterocycles. The SMILES string of the molecule is Cc1c(Cl)cccc1NC(=O)C(C)n1ncc2ccccc2c1=O. The lowest BCUT2D eigenvalue weighted by Crippen LogP contribution is -2.33. The van der Waals surface area contributed by atoms with Crippen molar-refractivity contribution >= 4 is 34.0 Å². The fourth-order valence-electron chi connectivity index (χ4n) is 2.47. The number of hydrogen-bond acceptors (Lipinski definition) is 3. The van der Waals surface area contributed by atoms with Gasteiger partial charge in [0.2, 0.25) is 5.91 Å². The summed E-state index contributed by atoms with van der Waals surface area (Å²) < 4.78 is 1.19. The van der Waals surface area contributed by atoms with Gasteiger partial charge >= 0.3 is 0 Å². The van der Waals surface area contributed by atoms with Crippen LogP contribution in [0.25, 0.3) is 10.8 Å². The topological polar surface area (TPSA) is 64.0 Å². The average molecular weight is 342 g/mol. The van der Waals surface area contributed by atoms with Crippen LogP contribution in [0, 0.1) is 6.92 Å². The first-order chi connectivity index (χ1) is 11.5. The van der Waals surface area contributed by atoms with Crippen LogP contribution in [0.15, 0.2) is 53.5 Å². The van der Waals surface area contributed by atoms with Crippen molar-refractivity contribution in [1.82, 2.24) is 9.78 Å². The molecular formula is C18H16ClN3O2. The quantitative estimate of drug-likeness (QED) is 0.792. The number of nitrogens with one attached hydrogen (secondary N) is 1. The molecule has 1 unspecified atom stereocenters. The minimum absolute atomic E-state index is 0.293. The lowest BCUT2D eigenvalue weighted by molar-refractivity contribution is -0.119. The van der Waals surface area contributed by atoms with E-state index in [1.807, 2.05) is 19.1 Å². The maximum absolute atomic E-state index is 12.5. The van der Waals surface area contributed by atoms with E-state index in [1.54, 1.807) is 43.5 Å². The predicted molar refractivity (Wildman–Crippen MR) is 95.5 cm³/mol. The molecule has 0 aliphatic rings. The number of aromatic nitrogens is 2. The Morgan fingerprint density at radius 2 is 1.96 bits per heavy atom. The predicted octanol–water partition coefficient (Wildman–Crippen LogP) is 3.56. The van der Waals surface area contributed by atoms with Crippen molar-refractivity contribution in [3.8, 4) is 0 Å². The Hall–Kier alpha value is -2.66. The molecule has 0 fully saturated rings. The van der Waals surface area contributed by atoms with E-state index < -0.39 is 6.04 Å². The first-order valence-corrected chi connectivity index (χ1v) is 7.89. The summed E-state index contributed by atoms with van der Waals surface area (Å²) in [5.74, 6) is -0.328. The third-order valence-electron chi connectivity index (χ3n) is 3.99. The van der Waals surface area contributed by atoms with Crippen molar-refractivity contribution in [3.63, 3.8) is 0 Å². The Morgan fingerprint density at radius 1 is 1.21 bits per heavy atom. The number of benzene rings is 2. The number of nitrogens with zero attached hydrogens (tertiary/aromatic N) is 2. The highest BCUT2D eigenvalue weighted by molar-refractivity contribution is 6.31. The lowest BCUT2D eigenvalue weighted by Gasteiger charge is -2.16. The molecule has 122 valence electrons. The zero-order chi connectivity index (χ0) is 17.3. The van der Waals surface area contributed by atoms with E-state index in [-0.39, 0.29) is 11.5 Å². The first-order valence-electron chi connectivity index (χ1n) is 7.51. The van der Waals surface area contributed by atoms with Gasteiger partial charge in [0, 0.05) is 16.1 Å². The largest absolute Gasteiger partial charge is 0.324 e. The van der Waals surface area contributed by atoms with Gasteiger partial charge < -0.3 is 5.32 Å². The summed E-state index contributed by atoms with van der Waals surface area (Å²) in [5, 5.41) is 8.78. The molecule has 6 heteroatoms. The molecule has 2 aromatic carbocycles. The average Bonchev–Trinajstić information content (AvgIpc) is 2.59. The lowest BCUT2D eigenvalue weighted by atomic mass is 10.2. The molecule has 1 heterocycles. The number of fused-ring (bicyclic) bond motifs is 1. The van der Waals surface area contributed by atoms with Crippen molar-refractivity contribution in [2.75, 3.05) is 5.32 Å². The Labute approximate surface area is 143 Å². The number of carbonyl (C=O) groups is 1. The fraction of sp³-hybridized carbons (Fsp3) is 0.167. The van der Waals surface area contributed by atoms with Crippen LogP contribution in [0.2, 0.25) is 5.02 Å². The monoisotopic (exact) mass is 341 g/mol. The van der Waals surface area contributed by atoms with Crippen molar-refractivity contribution in [2.45, 2.75) is 19.9 Å². The van der Waals surface area contributed by atoms with E-state index in [2.05, 4.69) is 10.4 Å². The van der Waals surface area contributed by atoms with E-state index in [0.717, 1.165) is 10.9 Å². The second kappa shape index (κ2) is 6.45. The molecule has 1 amide bonds. The standard InChI is InChI=1S/C18H16ClN3O2/c1-11-15(19)8-5-9-16(11)21-17(23)12(2)22-18(24)14-7-4-3-6-13(14)10-20-22/h3-10,12H,1-2H3,(H,21,23). The van der Waals surface area contributed by atoms with Crippen molar-refractivity contribution in [2.24, 2.45) is 0 Å². The van der Waals surface area contributed by atoms with Gasteiger partial charge in [-0.05, 0) is 37.6 Å². The van der Waals surface area contributed by atoms with Crippen LogP contribution in [0.3, 0.4) is 0 Å². The number of halogens is 1. The summed E-state index contributed by atoms with van der Waals surface area (Å²) in [6.45, 7) is 3.46. The van der Waals surface area contributed by atoms with Crippen LogP contribution in [-0.4, -0.2) is 15.7 Å². The Morgan fingerprint density at radius 3 is 2.75 bits per heavy atom. The minimum Gasteiger partial charge on any atom is -0.324 e. The summed E-state index contributed by atoms with van der Waals surface area (Å²) in [7, 11) is 0. The van der Waals surface area contributed by atoms with Gasteiger partial charge in [-0.3, -0.25) is 9.59 Å². The molecule has 5 nitrogen and oxygen atoms in total. The summed E-state index contributed by atoms with van der Waals surface area (Å²) in [5.41, 5.74) is 1.10. The molecule has 0 bridgehead atoms. The second-order valence-electron chi connectivity index (χ2n) is 5.56. The van der Waals surface area contributed by atoms with E-state index in [1.165, 1.54) is 4.68 Å². The van der Waals surface area contributed by atoms with Crippen LogP contribution in [0.5, 0.6) is 0 Å². The normalized spacial score (nSPS) is 12.1. The Balaban J connectivity index is 1.93. The van der Waals surface area contributed by atoms with Crippen LogP contribution < -0.4 is 10.9 Å². The van der Waals surface area contributed by atoms with Gasteiger partial charge in [0.25, 0.3) is 5.56 Å². The highest BCUT2D eigenvalue weighted by Crippen LogP contribution is 2.23. The number of carbonyl (C=O) groups excluding carboxylic acids is 1. The summed E-state index contributed by atoms with van der Waals surface area (Å²) >= 11 is 6.07. The highest BCUT2D eigenvalue weighted by Gasteiger charge is 2.19. The summed E-state index contributed by atoms with van der Waals surface area (Å²) in [6.07, 6.45) is 1.59. The molecule has 24 heavy (non-hydrogen) atoms. The van der Waals surface area contributed by atoms with Crippen molar-refractivity contribution < 1.29 is 4.79 Å². The van der Waals surface area contributed by atoms with Gasteiger partial charge in [0.1, 0.15) is 6.04 Å². The van der Waals surface area contributed by atoms with Gasteiger partial charge in [-0.2, -0.15) is 5.10 Å². The molecule has 0 aliphatic carbocycles. The number of hydrogen-bond donors (Lipinski definition) is 1. The van der Waals surface area contributed by atoms with E-state index in [4.69, 9.17) is 11.6 Å². The third-order valence-corrected chi connectivity index (χ3v) is 4.40. The van der Waals surface area contributed by atoms with Gasteiger partial charge in [0.15, 0.2) is 0 Å². The molecule has 0 aliphatic heterocycles. The number of rotatable bonds is 3. The zero-order valence-electron chi connectivity index (χ0n) is 13.3. The maximum atomic E-state index is 12.5. The van der Waals surface area contributed by atoms with E-state index in [9.17, 15) is 9.59 Å². The molecule has 0 saturated heterocycles. The number of amides is 1. The Kier molecular flexibility index (Phi) is 4.36. The molecule has 1 atom stereocenters. The minimum atomic E-state index is -0.750. The van der Waals surface area contributed by atoms with Crippen LogP contribution in [-0.2, 0) is 4.79 Å². The molecule has 3 rings (SSSR count). The summed E-state index contributed by atoms with van der Waals surface area (Å²) in [4.78, 5) is 25.1. The van der Waals surface area contributed by atoms with E-state index >= 15 is 0 Å². The van der Waals surface area contributed by atoms with Crippen molar-refractivity contribution in [1.29, 1.82) is 0 Å². The molecule has 3 aromatic rings. The van der Waals surface area contributed by atoms with Crippen LogP contribution in [0.4, 0.5) is 5.69 Å².